The van der Waals surface area contributed by atoms with Crippen molar-refractivity contribution in [3.63, 3.8) is 0 Å². The van der Waals surface area contributed by atoms with E-state index in [1.54, 1.807) is 19.1 Å². The predicted octanol–water partition coefficient (Wildman–Crippen LogP) is 4.09. The molecule has 0 spiro atoms. The average molecular weight is 516 g/mol. The molecule has 0 saturated heterocycles. The Labute approximate surface area is 204 Å². The summed E-state index contributed by atoms with van der Waals surface area (Å²) in [6, 6.07) is 13.7. The maximum Gasteiger partial charge on any atom is 0.418 e. The highest BCUT2D eigenvalue weighted by atomic mass is 32.2. The van der Waals surface area contributed by atoms with E-state index in [9.17, 15) is 36.0 Å². The van der Waals surface area contributed by atoms with Gasteiger partial charge in [0.2, 0.25) is 15.9 Å². The molecule has 0 fully saturated rings. The maximum atomic E-state index is 13.4. The molecule has 0 aromatic heterocycles. The highest BCUT2D eigenvalue weighted by Crippen LogP contribution is 2.35. The number of aryl methyl sites for hydroxylation is 1. The fourth-order valence-electron chi connectivity index (χ4n) is 3.99. The molecular weight excluding hydrogens is 497 g/mol. The zero-order valence-electron chi connectivity index (χ0n) is 18.7. The van der Waals surface area contributed by atoms with Crippen LogP contribution in [-0.2, 0) is 21.0 Å². The van der Waals surface area contributed by atoms with E-state index in [4.69, 9.17) is 0 Å². The number of anilines is 1. The summed E-state index contributed by atoms with van der Waals surface area (Å²) in [5, 5.41) is 2.06. The molecule has 0 radical (unpaired) electrons. The lowest BCUT2D eigenvalue weighted by atomic mass is 9.95. The van der Waals surface area contributed by atoms with Gasteiger partial charge in [0.1, 0.15) is 0 Å². The van der Waals surface area contributed by atoms with Gasteiger partial charge in [0, 0.05) is 11.1 Å². The molecule has 3 aromatic carbocycles. The summed E-state index contributed by atoms with van der Waals surface area (Å²) < 4.78 is 67.3. The molecule has 1 aliphatic rings. The van der Waals surface area contributed by atoms with E-state index >= 15 is 0 Å². The SMILES string of the molecule is Cc1cccc(C(=O)C2C(=O)c3ccccc3S(=O)(=O)N2CC(=O)Nc2ccccc2C(F)(F)F)c1. The van der Waals surface area contributed by atoms with Gasteiger partial charge in [-0.15, -0.1) is 0 Å². The van der Waals surface area contributed by atoms with E-state index in [0.29, 0.717) is 9.87 Å². The highest BCUT2D eigenvalue weighted by Gasteiger charge is 2.48. The van der Waals surface area contributed by atoms with Gasteiger partial charge in [0.15, 0.2) is 17.6 Å². The van der Waals surface area contributed by atoms with Crippen molar-refractivity contribution in [1.29, 1.82) is 0 Å². The number of nitrogens with one attached hydrogen (secondary N) is 1. The van der Waals surface area contributed by atoms with Gasteiger partial charge in [-0.25, -0.2) is 8.42 Å². The first-order chi connectivity index (χ1) is 16.9. The van der Waals surface area contributed by atoms with Crippen LogP contribution in [-0.4, -0.2) is 42.8 Å². The first-order valence-corrected chi connectivity index (χ1v) is 12.1. The first kappa shape index (κ1) is 25.3. The lowest BCUT2D eigenvalue weighted by molar-refractivity contribution is -0.137. The summed E-state index contributed by atoms with van der Waals surface area (Å²) in [5.41, 5.74) is -1.19. The molecule has 1 aliphatic heterocycles. The largest absolute Gasteiger partial charge is 0.418 e. The Kier molecular flexibility index (Phi) is 6.54. The molecule has 1 amide bonds. The number of halogens is 3. The normalized spacial score (nSPS) is 17.3. The maximum absolute atomic E-state index is 13.4. The Hall–Kier alpha value is -3.83. The Morgan fingerprint density at radius 2 is 1.64 bits per heavy atom. The second-order valence-electron chi connectivity index (χ2n) is 8.14. The number of alkyl halides is 3. The molecule has 1 unspecified atom stereocenters. The van der Waals surface area contributed by atoms with Crippen LogP contribution < -0.4 is 5.32 Å². The Morgan fingerprint density at radius 1 is 0.972 bits per heavy atom. The molecule has 7 nitrogen and oxygen atoms in total. The molecule has 1 N–H and O–H groups in total. The summed E-state index contributed by atoms with van der Waals surface area (Å²) in [6.07, 6.45) is -4.78. The van der Waals surface area contributed by atoms with E-state index < -0.39 is 62.4 Å². The second-order valence-corrected chi connectivity index (χ2v) is 10.00. The van der Waals surface area contributed by atoms with Gasteiger partial charge in [0.05, 0.1) is 22.7 Å². The number of rotatable bonds is 5. The van der Waals surface area contributed by atoms with Gasteiger partial charge in [0.25, 0.3) is 0 Å². The van der Waals surface area contributed by atoms with Crippen molar-refractivity contribution in [1.82, 2.24) is 4.31 Å². The third-order valence-corrected chi connectivity index (χ3v) is 7.50. The number of carbonyl (C=O) groups excluding carboxylic acids is 3. The molecule has 4 rings (SSSR count). The fraction of sp³-hybridized carbons (Fsp3) is 0.160. The zero-order valence-corrected chi connectivity index (χ0v) is 19.6. The molecule has 1 heterocycles. The topological polar surface area (TPSA) is 101 Å². The number of hydrogen-bond acceptors (Lipinski definition) is 5. The average Bonchev–Trinajstić information content (AvgIpc) is 2.82. The smallest absolute Gasteiger partial charge is 0.324 e. The van der Waals surface area contributed by atoms with E-state index in [1.165, 1.54) is 42.5 Å². The summed E-state index contributed by atoms with van der Waals surface area (Å²) in [6.45, 7) is 0.644. The monoisotopic (exact) mass is 516 g/mol. The number of nitrogens with zero attached hydrogens (tertiary/aromatic N) is 1. The van der Waals surface area contributed by atoms with E-state index in [-0.39, 0.29) is 11.1 Å². The first-order valence-electron chi connectivity index (χ1n) is 10.6. The molecule has 36 heavy (non-hydrogen) atoms. The number of benzene rings is 3. The van der Waals surface area contributed by atoms with Crippen LogP contribution in [0.15, 0.2) is 77.7 Å². The van der Waals surface area contributed by atoms with Gasteiger partial charge in [-0.1, -0.05) is 48.0 Å². The number of carbonyl (C=O) groups is 3. The lowest BCUT2D eigenvalue weighted by Crippen LogP contribution is -2.55. The minimum atomic E-state index is -4.78. The third-order valence-electron chi connectivity index (χ3n) is 5.63. The van der Waals surface area contributed by atoms with Crippen LogP contribution in [0.25, 0.3) is 0 Å². The molecule has 186 valence electrons. The zero-order chi connectivity index (χ0) is 26.3. The van der Waals surface area contributed by atoms with Crippen molar-refractivity contribution in [2.24, 2.45) is 0 Å². The van der Waals surface area contributed by atoms with Crippen LogP contribution in [0.5, 0.6) is 0 Å². The Morgan fingerprint density at radius 3 is 2.33 bits per heavy atom. The number of fused-ring (bicyclic) bond motifs is 1. The molecule has 0 saturated carbocycles. The van der Waals surface area contributed by atoms with Gasteiger partial charge in [-0.2, -0.15) is 17.5 Å². The molecule has 11 heteroatoms. The van der Waals surface area contributed by atoms with Crippen molar-refractivity contribution in [3.8, 4) is 0 Å². The van der Waals surface area contributed by atoms with Crippen molar-refractivity contribution >= 4 is 33.2 Å². The van der Waals surface area contributed by atoms with Gasteiger partial charge < -0.3 is 5.32 Å². The van der Waals surface area contributed by atoms with Crippen molar-refractivity contribution < 1.29 is 36.0 Å². The van der Waals surface area contributed by atoms with Crippen LogP contribution in [0.3, 0.4) is 0 Å². The molecule has 0 bridgehead atoms. The van der Waals surface area contributed by atoms with Crippen LogP contribution >= 0.6 is 0 Å². The van der Waals surface area contributed by atoms with Crippen molar-refractivity contribution in [2.45, 2.75) is 24.0 Å². The standard InChI is InChI=1S/C25H19F3N2O5S/c1-15-7-6-8-16(13-15)23(32)22-24(33)17-9-2-5-12-20(17)36(34,35)30(22)14-21(31)29-19-11-4-3-10-18(19)25(26,27)28/h2-13,22H,14H2,1H3,(H,29,31). The molecule has 1 atom stereocenters. The third kappa shape index (κ3) is 4.67. The van der Waals surface area contributed by atoms with E-state index in [2.05, 4.69) is 5.32 Å². The fourth-order valence-corrected chi connectivity index (χ4v) is 5.70. The molecular formula is C25H19F3N2O5S. The van der Waals surface area contributed by atoms with E-state index in [0.717, 1.165) is 18.2 Å². The number of hydrogen-bond donors (Lipinski definition) is 1. The van der Waals surface area contributed by atoms with Gasteiger partial charge >= 0.3 is 6.18 Å². The predicted molar refractivity (Wildman–Crippen MR) is 124 cm³/mol. The minimum absolute atomic E-state index is 0.0516. The van der Waals surface area contributed by atoms with Crippen LogP contribution in [0, 0.1) is 6.92 Å². The summed E-state index contributed by atoms with van der Waals surface area (Å²) in [4.78, 5) is 39.1. The Balaban J connectivity index is 1.75. The van der Waals surface area contributed by atoms with Crippen molar-refractivity contribution in [2.75, 3.05) is 11.9 Å². The number of para-hydroxylation sites is 1. The molecule has 3 aromatic rings. The number of Topliss-reactive ketones (excluding diaryl/α,β-unsaturated/α-hetero) is 2. The number of ketones is 2. The van der Waals surface area contributed by atoms with Crippen LogP contribution in [0.1, 0.15) is 31.8 Å². The van der Waals surface area contributed by atoms with Crippen LogP contribution in [0.2, 0.25) is 0 Å². The van der Waals surface area contributed by atoms with E-state index in [1.807, 2.05) is 0 Å². The van der Waals surface area contributed by atoms with Gasteiger partial charge in [-0.3, -0.25) is 14.4 Å². The number of sulfonamides is 1. The highest BCUT2D eigenvalue weighted by molar-refractivity contribution is 7.89. The summed E-state index contributed by atoms with van der Waals surface area (Å²) >= 11 is 0. The quantitative estimate of drug-likeness (QED) is 0.407. The lowest BCUT2D eigenvalue weighted by Gasteiger charge is -2.33. The number of amides is 1. The summed E-state index contributed by atoms with van der Waals surface area (Å²) in [5.74, 6) is -2.84. The molecule has 0 aliphatic carbocycles. The second kappa shape index (κ2) is 9.32. The minimum Gasteiger partial charge on any atom is -0.324 e. The van der Waals surface area contributed by atoms with Crippen LogP contribution in [0.4, 0.5) is 18.9 Å². The summed E-state index contributed by atoms with van der Waals surface area (Å²) in [7, 11) is -4.55. The van der Waals surface area contributed by atoms with Crippen molar-refractivity contribution in [3.05, 3.63) is 95.1 Å². The Bertz CT molecular complexity index is 1480. The van der Waals surface area contributed by atoms with Gasteiger partial charge in [-0.05, 0) is 37.3 Å².